The summed E-state index contributed by atoms with van der Waals surface area (Å²) in [5.41, 5.74) is 3.61. The van der Waals surface area contributed by atoms with Crippen LogP contribution in [0.25, 0.3) is 0 Å². The van der Waals surface area contributed by atoms with E-state index in [4.69, 9.17) is 17.0 Å². The predicted octanol–water partition coefficient (Wildman–Crippen LogP) is 6.58. The van der Waals surface area contributed by atoms with E-state index < -0.39 is 0 Å². The van der Waals surface area contributed by atoms with E-state index in [9.17, 15) is 0 Å². The lowest BCUT2D eigenvalue weighted by Gasteiger charge is -2.40. The van der Waals surface area contributed by atoms with Crippen molar-refractivity contribution in [1.29, 1.82) is 0 Å². The van der Waals surface area contributed by atoms with Gasteiger partial charge in [0.1, 0.15) is 11.5 Å². The van der Waals surface area contributed by atoms with E-state index in [1.165, 1.54) is 11.1 Å². The number of nitrogens with zero attached hydrogens (tertiary/aromatic N) is 2. The lowest BCUT2D eigenvalue weighted by Crippen LogP contribution is -2.50. The zero-order valence-electron chi connectivity index (χ0n) is 19.6. The number of thiocarbonyl (C=S) groups is 1. The summed E-state index contributed by atoms with van der Waals surface area (Å²) >= 11 is 5.75. The molecule has 1 aliphatic rings. The van der Waals surface area contributed by atoms with Crippen LogP contribution in [-0.2, 0) is 0 Å². The van der Waals surface area contributed by atoms with E-state index >= 15 is 0 Å². The van der Waals surface area contributed by atoms with Gasteiger partial charge in [-0.3, -0.25) is 4.90 Å². The van der Waals surface area contributed by atoms with Crippen LogP contribution in [0.2, 0.25) is 0 Å². The van der Waals surface area contributed by atoms with Crippen LogP contribution >= 0.6 is 12.2 Å². The maximum Gasteiger partial charge on any atom is 0.173 e. The average Bonchev–Trinajstić information content (AvgIpc) is 2.92. The SMILES string of the molecule is S=C(Nc1ccc(Oc2ccccc2)cc1)N1CCN(C(c2ccccc2)c2ccccc2)CC1. The van der Waals surface area contributed by atoms with Crippen LogP contribution in [0, 0.1) is 0 Å². The molecule has 0 amide bonds. The summed E-state index contributed by atoms with van der Waals surface area (Å²) in [6, 6.07) is 39.5. The third-order valence-corrected chi connectivity index (χ3v) is 6.64. The van der Waals surface area contributed by atoms with Gasteiger partial charge in [-0.2, -0.15) is 0 Å². The van der Waals surface area contributed by atoms with Gasteiger partial charge in [-0.25, -0.2) is 0 Å². The second kappa shape index (κ2) is 11.2. The molecule has 1 heterocycles. The van der Waals surface area contributed by atoms with Crippen molar-refractivity contribution in [2.24, 2.45) is 0 Å². The number of para-hydroxylation sites is 1. The minimum atomic E-state index is 0.248. The van der Waals surface area contributed by atoms with Crippen molar-refractivity contribution in [2.75, 3.05) is 31.5 Å². The van der Waals surface area contributed by atoms with Crippen molar-refractivity contribution < 1.29 is 4.74 Å². The Morgan fingerprint density at radius 3 is 1.66 bits per heavy atom. The van der Waals surface area contributed by atoms with E-state index in [-0.39, 0.29) is 6.04 Å². The number of rotatable bonds is 6. The van der Waals surface area contributed by atoms with E-state index in [0.717, 1.165) is 48.5 Å². The Bertz CT molecular complexity index is 1170. The van der Waals surface area contributed by atoms with Crippen LogP contribution in [0.4, 0.5) is 5.69 Å². The molecule has 4 aromatic rings. The molecule has 0 aliphatic carbocycles. The summed E-state index contributed by atoms with van der Waals surface area (Å²) in [5.74, 6) is 1.63. The molecule has 1 saturated heterocycles. The van der Waals surface area contributed by atoms with Gasteiger partial charge >= 0.3 is 0 Å². The lowest BCUT2D eigenvalue weighted by molar-refractivity contribution is 0.151. The first-order valence-electron chi connectivity index (χ1n) is 12.0. The second-order valence-corrected chi connectivity index (χ2v) is 9.00. The van der Waals surface area contributed by atoms with Gasteiger partial charge in [-0.05, 0) is 59.7 Å². The molecule has 0 aromatic heterocycles. The van der Waals surface area contributed by atoms with Crippen LogP contribution in [0.1, 0.15) is 17.2 Å². The molecule has 4 nitrogen and oxygen atoms in total. The molecule has 35 heavy (non-hydrogen) atoms. The molecule has 0 unspecified atom stereocenters. The van der Waals surface area contributed by atoms with Crippen LogP contribution in [0.15, 0.2) is 115 Å². The Hall–Kier alpha value is -3.67. The van der Waals surface area contributed by atoms with Crippen LogP contribution in [-0.4, -0.2) is 41.1 Å². The Labute approximate surface area is 212 Å². The molecule has 4 aromatic carbocycles. The van der Waals surface area contributed by atoms with Gasteiger partial charge < -0.3 is 15.0 Å². The standard InChI is InChI=1S/C30H29N3OS/c35-30(31-26-16-18-28(19-17-26)34-27-14-8-3-9-15-27)33-22-20-32(21-23-33)29(24-10-4-1-5-11-24)25-12-6-2-7-13-25/h1-19,29H,20-23H2,(H,31,35). The van der Waals surface area contributed by atoms with Crippen molar-refractivity contribution in [3.63, 3.8) is 0 Å². The molecule has 0 atom stereocenters. The molecule has 0 radical (unpaired) electrons. The topological polar surface area (TPSA) is 27.7 Å². The summed E-state index contributed by atoms with van der Waals surface area (Å²) in [5, 5.41) is 4.15. The summed E-state index contributed by atoms with van der Waals surface area (Å²) in [7, 11) is 0. The van der Waals surface area contributed by atoms with Crippen molar-refractivity contribution in [3.05, 3.63) is 126 Å². The van der Waals surface area contributed by atoms with E-state index in [0.29, 0.717) is 0 Å². The Balaban J connectivity index is 1.19. The van der Waals surface area contributed by atoms with Gasteiger partial charge in [0.25, 0.3) is 0 Å². The van der Waals surface area contributed by atoms with Gasteiger partial charge in [-0.15, -0.1) is 0 Å². The van der Waals surface area contributed by atoms with E-state index in [1.54, 1.807) is 0 Å². The van der Waals surface area contributed by atoms with Crippen molar-refractivity contribution >= 4 is 23.0 Å². The number of anilines is 1. The summed E-state index contributed by atoms with van der Waals surface area (Å²) < 4.78 is 5.89. The highest BCUT2D eigenvalue weighted by Crippen LogP contribution is 2.29. The maximum absolute atomic E-state index is 5.89. The number of hydrogen-bond donors (Lipinski definition) is 1. The van der Waals surface area contributed by atoms with Crippen LogP contribution in [0.3, 0.4) is 0 Å². The molecule has 0 spiro atoms. The number of ether oxygens (including phenoxy) is 1. The highest BCUT2D eigenvalue weighted by Gasteiger charge is 2.27. The molecule has 1 aliphatic heterocycles. The van der Waals surface area contributed by atoms with Gasteiger partial charge in [-0.1, -0.05) is 78.9 Å². The van der Waals surface area contributed by atoms with Crippen molar-refractivity contribution in [3.8, 4) is 11.5 Å². The number of hydrogen-bond acceptors (Lipinski definition) is 3. The molecule has 5 heteroatoms. The second-order valence-electron chi connectivity index (χ2n) is 8.62. The van der Waals surface area contributed by atoms with Gasteiger partial charge in [0, 0.05) is 31.9 Å². The number of benzene rings is 4. The van der Waals surface area contributed by atoms with Crippen LogP contribution < -0.4 is 10.1 Å². The Morgan fingerprint density at radius 2 is 1.11 bits per heavy atom. The van der Waals surface area contributed by atoms with Crippen LogP contribution in [0.5, 0.6) is 11.5 Å². The molecule has 0 bridgehead atoms. The van der Waals surface area contributed by atoms with E-state index in [2.05, 4.69) is 75.8 Å². The highest BCUT2D eigenvalue weighted by atomic mass is 32.1. The highest BCUT2D eigenvalue weighted by molar-refractivity contribution is 7.80. The van der Waals surface area contributed by atoms with Gasteiger partial charge in [0.2, 0.25) is 0 Å². The van der Waals surface area contributed by atoms with Crippen molar-refractivity contribution in [2.45, 2.75) is 6.04 Å². The predicted molar refractivity (Wildman–Crippen MR) is 147 cm³/mol. The Morgan fingerprint density at radius 1 is 0.629 bits per heavy atom. The fourth-order valence-corrected chi connectivity index (χ4v) is 4.80. The van der Waals surface area contributed by atoms with Gasteiger partial charge in [0.05, 0.1) is 6.04 Å². The minimum absolute atomic E-state index is 0.248. The summed E-state index contributed by atoms with van der Waals surface area (Å²) in [4.78, 5) is 4.81. The molecule has 176 valence electrons. The third kappa shape index (κ3) is 5.88. The minimum Gasteiger partial charge on any atom is -0.457 e. The summed E-state index contributed by atoms with van der Waals surface area (Å²) in [6.45, 7) is 3.66. The molecule has 1 N–H and O–H groups in total. The Kier molecular flexibility index (Phi) is 7.37. The maximum atomic E-state index is 5.89. The normalized spacial score (nSPS) is 14.0. The van der Waals surface area contributed by atoms with Crippen molar-refractivity contribution in [1.82, 2.24) is 9.80 Å². The summed E-state index contributed by atoms with van der Waals surface area (Å²) in [6.07, 6.45) is 0. The molecule has 0 saturated carbocycles. The molecular formula is C30H29N3OS. The first-order chi connectivity index (χ1) is 17.3. The first kappa shape index (κ1) is 23.1. The van der Waals surface area contributed by atoms with Gasteiger partial charge in [0.15, 0.2) is 5.11 Å². The first-order valence-corrected chi connectivity index (χ1v) is 12.4. The zero-order valence-corrected chi connectivity index (χ0v) is 20.4. The quantitative estimate of drug-likeness (QED) is 0.315. The molecule has 1 fully saturated rings. The molecule has 5 rings (SSSR count). The fraction of sp³-hybridized carbons (Fsp3) is 0.167. The average molecular weight is 480 g/mol. The largest absolute Gasteiger partial charge is 0.457 e. The van der Waals surface area contributed by atoms with E-state index in [1.807, 2.05) is 54.6 Å². The smallest absolute Gasteiger partial charge is 0.173 e. The number of nitrogens with one attached hydrogen (secondary N) is 1. The zero-order chi connectivity index (χ0) is 23.9. The number of piperazine rings is 1. The monoisotopic (exact) mass is 479 g/mol. The third-order valence-electron chi connectivity index (χ3n) is 6.28. The fourth-order valence-electron chi connectivity index (χ4n) is 4.50. The molecular weight excluding hydrogens is 450 g/mol. The lowest BCUT2D eigenvalue weighted by atomic mass is 9.96.